The van der Waals surface area contributed by atoms with E-state index in [0.29, 0.717) is 43.9 Å². The van der Waals surface area contributed by atoms with Gasteiger partial charge in [0.2, 0.25) is 23.6 Å². The van der Waals surface area contributed by atoms with Crippen LogP contribution in [0.3, 0.4) is 0 Å². The fraction of sp³-hybridized carbons (Fsp3) is 0.466. The molecule has 1 aliphatic heterocycles. The molecule has 4 N–H and O–H groups in total. The summed E-state index contributed by atoms with van der Waals surface area (Å²) in [7, 11) is 0. The number of nitrogens with one attached hydrogen (secondary N) is 4. The zero-order valence-electron chi connectivity index (χ0n) is 44.2. The maximum absolute atomic E-state index is 14.2. The Labute approximate surface area is 436 Å². The zero-order chi connectivity index (χ0) is 53.8. The lowest BCUT2D eigenvalue weighted by atomic mass is 9.93. The van der Waals surface area contributed by atoms with Gasteiger partial charge >= 0.3 is 5.97 Å². The van der Waals surface area contributed by atoms with Crippen LogP contribution in [0.5, 0.6) is 11.5 Å². The highest BCUT2D eigenvalue weighted by atomic mass is 16.6. The monoisotopic (exact) mass is 1020 g/mol. The Morgan fingerprint density at radius 2 is 1.35 bits per heavy atom. The number of ether oxygens (including phenoxy) is 4. The van der Waals surface area contributed by atoms with Gasteiger partial charge in [-0.05, 0) is 101 Å². The molecule has 0 radical (unpaired) electrons. The highest BCUT2D eigenvalue weighted by Gasteiger charge is 2.50. The maximum atomic E-state index is 14.2. The number of hydrogen-bond donors (Lipinski definition) is 4. The SMILES string of the molecule is CCCOCCN(CC(=O)N[C@@H](CCc1ccccc1)C(=O)N[C@@H](C)C(=O)N[C@@H](Cc1ccccc1)C(=O)N[C@@H](CC(C)C)C(=O)[C@@]1(C)CO1)Cc1ccc(OC(=O)C(C)(C)C)c(OCc2ccc(C=O)cc2)c1. The van der Waals surface area contributed by atoms with Crippen molar-refractivity contribution >= 4 is 41.7 Å². The number of epoxide rings is 1. The molecule has 398 valence electrons. The Balaban J connectivity index is 1.33. The third-order valence-electron chi connectivity index (χ3n) is 12.3. The van der Waals surface area contributed by atoms with Gasteiger partial charge in [0.25, 0.3) is 0 Å². The van der Waals surface area contributed by atoms with Gasteiger partial charge in [-0.1, -0.05) is 112 Å². The van der Waals surface area contributed by atoms with E-state index in [1.165, 1.54) is 6.92 Å². The van der Waals surface area contributed by atoms with Gasteiger partial charge in [0, 0.05) is 31.7 Å². The quantitative estimate of drug-likeness (QED) is 0.0145. The van der Waals surface area contributed by atoms with Crippen molar-refractivity contribution in [2.45, 2.75) is 130 Å². The number of ketones is 1. The summed E-state index contributed by atoms with van der Waals surface area (Å²) in [6.07, 6.45) is 2.70. The Hall–Kier alpha value is -6.75. The number of esters is 1. The van der Waals surface area contributed by atoms with E-state index in [0.717, 1.165) is 35.0 Å². The molecular formula is C58H75N5O11. The van der Waals surface area contributed by atoms with Crippen LogP contribution in [0.15, 0.2) is 103 Å². The van der Waals surface area contributed by atoms with E-state index in [1.807, 2.05) is 86.3 Å². The number of nitrogens with zero attached hydrogens (tertiary/aromatic N) is 1. The van der Waals surface area contributed by atoms with Gasteiger partial charge in [-0.2, -0.15) is 0 Å². The van der Waals surface area contributed by atoms with E-state index in [9.17, 15) is 33.6 Å². The Bertz CT molecular complexity index is 2490. The second kappa shape index (κ2) is 28.1. The Morgan fingerprint density at radius 1 is 0.730 bits per heavy atom. The van der Waals surface area contributed by atoms with Crippen molar-refractivity contribution < 1.29 is 52.5 Å². The first-order valence-corrected chi connectivity index (χ1v) is 25.6. The van der Waals surface area contributed by atoms with Crippen LogP contribution in [0.4, 0.5) is 0 Å². The number of rotatable bonds is 30. The summed E-state index contributed by atoms with van der Waals surface area (Å²) >= 11 is 0. The van der Waals surface area contributed by atoms with Crippen LogP contribution in [0.2, 0.25) is 0 Å². The molecule has 74 heavy (non-hydrogen) atoms. The molecule has 1 aliphatic rings. The average Bonchev–Trinajstić information content (AvgIpc) is 4.13. The second-order valence-electron chi connectivity index (χ2n) is 20.6. The van der Waals surface area contributed by atoms with Crippen molar-refractivity contribution in [2.75, 3.05) is 32.9 Å². The van der Waals surface area contributed by atoms with Crippen molar-refractivity contribution in [2.24, 2.45) is 11.3 Å². The van der Waals surface area contributed by atoms with Crippen LogP contribution in [-0.4, -0.2) is 109 Å². The molecule has 4 aromatic carbocycles. The number of carbonyl (C=O) groups excluding carboxylic acids is 7. The average molecular weight is 1020 g/mol. The summed E-state index contributed by atoms with van der Waals surface area (Å²) in [5.74, 6) is -2.31. The lowest BCUT2D eigenvalue weighted by Crippen LogP contribution is -2.58. The molecule has 5 atom stereocenters. The van der Waals surface area contributed by atoms with E-state index >= 15 is 0 Å². The van der Waals surface area contributed by atoms with Gasteiger partial charge in [-0.3, -0.25) is 38.5 Å². The van der Waals surface area contributed by atoms with Gasteiger partial charge in [0.15, 0.2) is 17.3 Å². The van der Waals surface area contributed by atoms with Crippen LogP contribution in [0, 0.1) is 11.3 Å². The number of aldehydes is 1. The first-order chi connectivity index (χ1) is 35.3. The normalized spacial score (nSPS) is 15.8. The van der Waals surface area contributed by atoms with Crippen LogP contribution in [0.25, 0.3) is 0 Å². The molecule has 4 amide bonds. The summed E-state index contributed by atoms with van der Waals surface area (Å²) in [6.45, 7) is 16.1. The van der Waals surface area contributed by atoms with E-state index < -0.39 is 64.8 Å². The molecule has 4 aromatic rings. The van der Waals surface area contributed by atoms with Gasteiger partial charge in [-0.15, -0.1) is 0 Å². The zero-order valence-corrected chi connectivity index (χ0v) is 44.2. The lowest BCUT2D eigenvalue weighted by molar-refractivity contribution is -0.143. The molecule has 5 rings (SSSR count). The van der Waals surface area contributed by atoms with Gasteiger partial charge in [-0.25, -0.2) is 0 Å². The molecule has 0 saturated carbocycles. The smallest absolute Gasteiger partial charge is 0.316 e. The second-order valence-corrected chi connectivity index (χ2v) is 20.6. The number of benzene rings is 4. The summed E-state index contributed by atoms with van der Waals surface area (Å²) in [6, 6.07) is 26.7. The van der Waals surface area contributed by atoms with E-state index in [4.69, 9.17) is 18.9 Å². The number of Topliss-reactive ketones (excluding diaryl/α,β-unsaturated/α-hetero) is 1. The number of amides is 4. The van der Waals surface area contributed by atoms with E-state index in [-0.39, 0.29) is 56.6 Å². The Kier molecular flexibility index (Phi) is 22.1. The fourth-order valence-electron chi connectivity index (χ4n) is 7.86. The summed E-state index contributed by atoms with van der Waals surface area (Å²) < 4.78 is 23.3. The van der Waals surface area contributed by atoms with Crippen molar-refractivity contribution in [3.05, 3.63) is 131 Å². The van der Waals surface area contributed by atoms with Crippen molar-refractivity contribution in [1.29, 1.82) is 0 Å². The van der Waals surface area contributed by atoms with Gasteiger partial charge in [0.05, 0.1) is 31.2 Å². The molecule has 0 aromatic heterocycles. The predicted octanol–water partition coefficient (Wildman–Crippen LogP) is 6.50. The minimum Gasteiger partial charge on any atom is -0.485 e. The van der Waals surface area contributed by atoms with Gasteiger partial charge in [0.1, 0.15) is 36.6 Å². The fourth-order valence-corrected chi connectivity index (χ4v) is 7.86. The molecule has 0 bridgehead atoms. The highest BCUT2D eigenvalue weighted by Crippen LogP contribution is 2.32. The summed E-state index contributed by atoms with van der Waals surface area (Å²) in [5.41, 5.74) is 2.00. The van der Waals surface area contributed by atoms with Crippen molar-refractivity contribution in [1.82, 2.24) is 26.2 Å². The molecule has 0 unspecified atom stereocenters. The standard InChI is InChI=1S/C58H75N5O11/c1-9-29-71-30-28-63(34-45-25-27-49(74-56(70)57(5,6)7)50(33-45)72-37-44-22-20-43(36-64)21-23-44)35-51(65)60-46(26-24-41-16-12-10-13-17-41)54(68)59-40(4)53(67)62-48(32-42-18-14-11-15-19-42)55(69)61-47(31-39(2)3)52(66)58(8)38-73-58/h10-23,25,27,33,36,39-40,46-48H,9,24,26,28-32,34-35,37-38H2,1-8H3,(H,59,68)(H,60,65)(H,61,69)(H,62,67)/t40-,46-,47-,48-,58+/m0/s1. The first kappa shape index (κ1) is 58.1. The first-order valence-electron chi connectivity index (χ1n) is 25.6. The summed E-state index contributed by atoms with van der Waals surface area (Å²) in [5, 5.41) is 11.4. The number of aryl methyl sites for hydroxylation is 1. The van der Waals surface area contributed by atoms with Crippen LogP contribution in [0.1, 0.15) is 107 Å². The van der Waals surface area contributed by atoms with E-state index in [2.05, 4.69) is 21.3 Å². The van der Waals surface area contributed by atoms with Crippen molar-refractivity contribution in [3.63, 3.8) is 0 Å². The number of hydrogen-bond acceptors (Lipinski definition) is 12. The molecule has 1 heterocycles. The molecule has 16 heteroatoms. The van der Waals surface area contributed by atoms with Crippen molar-refractivity contribution in [3.8, 4) is 11.5 Å². The Morgan fingerprint density at radius 3 is 1.96 bits per heavy atom. The largest absolute Gasteiger partial charge is 0.485 e. The van der Waals surface area contributed by atoms with Crippen LogP contribution < -0.4 is 30.7 Å². The predicted molar refractivity (Wildman–Crippen MR) is 281 cm³/mol. The lowest BCUT2D eigenvalue weighted by Gasteiger charge is -2.27. The topological polar surface area (TPSA) is 211 Å². The summed E-state index contributed by atoms with van der Waals surface area (Å²) in [4.78, 5) is 96.0. The molecule has 1 fully saturated rings. The van der Waals surface area contributed by atoms with Crippen LogP contribution in [-0.2, 0) is 64.2 Å². The highest BCUT2D eigenvalue weighted by molar-refractivity contribution is 5.98. The van der Waals surface area contributed by atoms with E-state index in [1.54, 1.807) is 70.2 Å². The maximum Gasteiger partial charge on any atom is 0.316 e. The number of carbonyl (C=O) groups is 7. The van der Waals surface area contributed by atoms with Gasteiger partial charge < -0.3 is 40.2 Å². The molecule has 0 aliphatic carbocycles. The minimum absolute atomic E-state index is 0.0767. The third kappa shape index (κ3) is 18.9. The third-order valence-corrected chi connectivity index (χ3v) is 12.3. The van der Waals surface area contributed by atoms with Crippen LogP contribution >= 0.6 is 0 Å². The molecular weight excluding hydrogens is 943 g/mol. The molecule has 16 nitrogen and oxygen atoms in total. The molecule has 0 spiro atoms. The minimum atomic E-state index is -1.14. The molecule has 1 saturated heterocycles.